The highest BCUT2D eigenvalue weighted by Gasteiger charge is 2.53. The standard InChI is InChI=1S/C13H15N5O2/c19-12(20)18-6-5-17(7-13(18)2-3-13)11-9-1-4-14-10(9)15-8-16-11/h1,4,8H,2-3,5-7H2,(H,19,20)(H,14,15,16). The molecule has 20 heavy (non-hydrogen) atoms. The molecule has 0 aromatic carbocycles. The Morgan fingerprint density at radius 1 is 1.35 bits per heavy atom. The number of nitrogens with zero attached hydrogens (tertiary/aromatic N) is 4. The number of anilines is 1. The zero-order chi connectivity index (χ0) is 13.7. The van der Waals surface area contributed by atoms with Crippen LogP contribution in [0.3, 0.4) is 0 Å². The van der Waals surface area contributed by atoms with Crippen molar-refractivity contribution >= 4 is 22.9 Å². The fourth-order valence-electron chi connectivity index (χ4n) is 3.14. The molecule has 2 aliphatic rings. The summed E-state index contributed by atoms with van der Waals surface area (Å²) in [5.41, 5.74) is 0.623. The molecule has 1 amide bonds. The second kappa shape index (κ2) is 3.84. The Labute approximate surface area is 115 Å². The van der Waals surface area contributed by atoms with Gasteiger partial charge in [0, 0.05) is 25.8 Å². The van der Waals surface area contributed by atoms with Crippen molar-refractivity contribution in [2.24, 2.45) is 0 Å². The van der Waals surface area contributed by atoms with Crippen LogP contribution in [0.25, 0.3) is 11.0 Å². The van der Waals surface area contributed by atoms with E-state index < -0.39 is 6.09 Å². The number of fused-ring (bicyclic) bond motifs is 1. The monoisotopic (exact) mass is 273 g/mol. The lowest BCUT2D eigenvalue weighted by Crippen LogP contribution is -2.57. The molecule has 1 saturated carbocycles. The van der Waals surface area contributed by atoms with Crippen molar-refractivity contribution < 1.29 is 9.90 Å². The summed E-state index contributed by atoms with van der Waals surface area (Å²) in [6.45, 7) is 1.92. The van der Waals surface area contributed by atoms with Crippen LogP contribution in [-0.2, 0) is 0 Å². The predicted octanol–water partition coefficient (Wildman–Crippen LogP) is 1.29. The smallest absolute Gasteiger partial charge is 0.407 e. The summed E-state index contributed by atoms with van der Waals surface area (Å²) in [5, 5.41) is 10.3. The number of hydrogen-bond donors (Lipinski definition) is 2. The van der Waals surface area contributed by atoms with E-state index in [4.69, 9.17) is 0 Å². The predicted molar refractivity (Wildman–Crippen MR) is 72.8 cm³/mol. The fraction of sp³-hybridized carbons (Fsp3) is 0.462. The van der Waals surface area contributed by atoms with Gasteiger partial charge in [-0.3, -0.25) is 4.90 Å². The Kier molecular flexibility index (Phi) is 2.21. The van der Waals surface area contributed by atoms with Crippen LogP contribution in [0, 0.1) is 0 Å². The van der Waals surface area contributed by atoms with Crippen molar-refractivity contribution in [1.82, 2.24) is 19.9 Å². The molecule has 1 spiro atoms. The number of rotatable bonds is 1. The fourth-order valence-corrected chi connectivity index (χ4v) is 3.14. The van der Waals surface area contributed by atoms with Crippen LogP contribution in [0.4, 0.5) is 10.6 Å². The van der Waals surface area contributed by atoms with Crippen LogP contribution in [0.5, 0.6) is 0 Å². The molecule has 4 rings (SSSR count). The maximum absolute atomic E-state index is 11.3. The minimum atomic E-state index is -0.809. The van der Waals surface area contributed by atoms with Crippen molar-refractivity contribution in [2.45, 2.75) is 18.4 Å². The molecule has 0 unspecified atom stereocenters. The van der Waals surface area contributed by atoms with Gasteiger partial charge in [-0.1, -0.05) is 0 Å². The summed E-state index contributed by atoms with van der Waals surface area (Å²) in [4.78, 5) is 26.8. The number of amides is 1. The number of aromatic nitrogens is 3. The molecular weight excluding hydrogens is 258 g/mol. The highest BCUT2D eigenvalue weighted by atomic mass is 16.4. The number of hydrogen-bond acceptors (Lipinski definition) is 4. The van der Waals surface area contributed by atoms with Crippen LogP contribution in [-0.4, -0.2) is 56.2 Å². The van der Waals surface area contributed by atoms with Crippen LogP contribution in [0.2, 0.25) is 0 Å². The second-order valence-corrected chi connectivity index (χ2v) is 5.52. The van der Waals surface area contributed by atoms with Crippen LogP contribution < -0.4 is 4.90 Å². The number of H-pyrrole nitrogens is 1. The van der Waals surface area contributed by atoms with E-state index in [1.807, 2.05) is 12.3 Å². The first kappa shape index (κ1) is 11.5. The first-order valence-electron chi connectivity index (χ1n) is 6.73. The van der Waals surface area contributed by atoms with Gasteiger partial charge in [0.25, 0.3) is 0 Å². The SMILES string of the molecule is O=C(O)N1CCN(c2ncnc3[nH]ccc23)CC12CC2. The topological polar surface area (TPSA) is 85.3 Å². The van der Waals surface area contributed by atoms with Gasteiger partial charge in [0.05, 0.1) is 10.9 Å². The molecule has 2 aromatic heterocycles. The van der Waals surface area contributed by atoms with E-state index in [9.17, 15) is 9.90 Å². The lowest BCUT2D eigenvalue weighted by atomic mass is 10.1. The number of aromatic amines is 1. The minimum absolute atomic E-state index is 0.197. The molecule has 1 aliphatic carbocycles. The highest BCUT2D eigenvalue weighted by molar-refractivity contribution is 5.87. The van der Waals surface area contributed by atoms with Crippen LogP contribution in [0.15, 0.2) is 18.6 Å². The third-order valence-corrected chi connectivity index (χ3v) is 4.34. The highest BCUT2D eigenvalue weighted by Crippen LogP contribution is 2.45. The maximum Gasteiger partial charge on any atom is 0.407 e. The van der Waals surface area contributed by atoms with E-state index in [1.54, 1.807) is 11.2 Å². The Morgan fingerprint density at radius 2 is 2.20 bits per heavy atom. The van der Waals surface area contributed by atoms with Gasteiger partial charge in [0.1, 0.15) is 17.8 Å². The molecule has 3 heterocycles. The second-order valence-electron chi connectivity index (χ2n) is 5.52. The Bertz CT molecular complexity index is 678. The van der Waals surface area contributed by atoms with E-state index in [0.717, 1.165) is 36.2 Å². The van der Waals surface area contributed by atoms with Gasteiger partial charge in [-0.25, -0.2) is 14.8 Å². The molecule has 7 heteroatoms. The summed E-state index contributed by atoms with van der Waals surface area (Å²) < 4.78 is 0. The van der Waals surface area contributed by atoms with E-state index >= 15 is 0 Å². The molecule has 104 valence electrons. The number of piperazine rings is 1. The summed E-state index contributed by atoms with van der Waals surface area (Å²) in [6.07, 6.45) is 4.48. The third-order valence-electron chi connectivity index (χ3n) is 4.34. The van der Waals surface area contributed by atoms with E-state index in [1.165, 1.54) is 0 Å². The summed E-state index contributed by atoms with van der Waals surface area (Å²) in [5.74, 6) is 0.896. The van der Waals surface area contributed by atoms with Crippen molar-refractivity contribution in [3.8, 4) is 0 Å². The minimum Gasteiger partial charge on any atom is -0.465 e. The van der Waals surface area contributed by atoms with Gasteiger partial charge in [-0.05, 0) is 18.9 Å². The molecule has 0 bridgehead atoms. The van der Waals surface area contributed by atoms with Gasteiger partial charge < -0.3 is 15.0 Å². The molecule has 0 radical (unpaired) electrons. The van der Waals surface area contributed by atoms with Crippen molar-refractivity contribution in [2.75, 3.05) is 24.5 Å². The van der Waals surface area contributed by atoms with E-state index in [2.05, 4.69) is 19.9 Å². The summed E-state index contributed by atoms with van der Waals surface area (Å²) in [7, 11) is 0. The van der Waals surface area contributed by atoms with Crippen molar-refractivity contribution in [3.05, 3.63) is 18.6 Å². The van der Waals surface area contributed by atoms with Gasteiger partial charge in [0.2, 0.25) is 0 Å². The summed E-state index contributed by atoms with van der Waals surface area (Å²) in [6, 6.07) is 1.97. The number of carboxylic acid groups (broad SMARTS) is 1. The molecular formula is C13H15N5O2. The Balaban J connectivity index is 1.68. The lowest BCUT2D eigenvalue weighted by molar-refractivity contribution is 0.110. The van der Waals surface area contributed by atoms with E-state index in [-0.39, 0.29) is 5.54 Å². The quantitative estimate of drug-likeness (QED) is 0.817. The van der Waals surface area contributed by atoms with Crippen LogP contribution in [0.1, 0.15) is 12.8 Å². The largest absolute Gasteiger partial charge is 0.465 e. The first-order chi connectivity index (χ1) is 9.70. The molecule has 1 saturated heterocycles. The number of carbonyl (C=O) groups is 1. The normalized spacial score (nSPS) is 20.6. The molecule has 0 atom stereocenters. The van der Waals surface area contributed by atoms with Gasteiger partial charge in [-0.2, -0.15) is 0 Å². The van der Waals surface area contributed by atoms with Gasteiger partial charge in [-0.15, -0.1) is 0 Å². The van der Waals surface area contributed by atoms with E-state index in [0.29, 0.717) is 13.1 Å². The maximum atomic E-state index is 11.3. The Hall–Kier alpha value is -2.31. The average Bonchev–Trinajstić information content (AvgIpc) is 3.03. The van der Waals surface area contributed by atoms with Crippen molar-refractivity contribution in [3.63, 3.8) is 0 Å². The molecule has 2 fully saturated rings. The lowest BCUT2D eigenvalue weighted by Gasteiger charge is -2.41. The van der Waals surface area contributed by atoms with Crippen LogP contribution >= 0.6 is 0 Å². The average molecular weight is 273 g/mol. The summed E-state index contributed by atoms with van der Waals surface area (Å²) >= 11 is 0. The first-order valence-corrected chi connectivity index (χ1v) is 6.73. The van der Waals surface area contributed by atoms with Gasteiger partial charge >= 0.3 is 6.09 Å². The number of nitrogens with one attached hydrogen (secondary N) is 1. The Morgan fingerprint density at radius 3 is 2.95 bits per heavy atom. The van der Waals surface area contributed by atoms with Crippen molar-refractivity contribution in [1.29, 1.82) is 0 Å². The zero-order valence-electron chi connectivity index (χ0n) is 10.9. The zero-order valence-corrected chi connectivity index (χ0v) is 10.9. The van der Waals surface area contributed by atoms with Gasteiger partial charge in [0.15, 0.2) is 0 Å². The molecule has 1 aliphatic heterocycles. The third kappa shape index (κ3) is 1.55. The molecule has 7 nitrogen and oxygen atoms in total. The molecule has 2 N–H and O–H groups in total. The molecule has 2 aromatic rings.